The van der Waals surface area contributed by atoms with Gasteiger partial charge in [0.05, 0.1) is 28.4 Å². The first-order valence-electron chi connectivity index (χ1n) is 19.7. The van der Waals surface area contributed by atoms with Crippen molar-refractivity contribution >= 4 is 23.8 Å². The lowest BCUT2D eigenvalue weighted by Crippen LogP contribution is -2.42. The summed E-state index contributed by atoms with van der Waals surface area (Å²) in [5, 5.41) is 0. The molecule has 0 radical (unpaired) electrons. The summed E-state index contributed by atoms with van der Waals surface area (Å²) in [6.07, 6.45) is 7.29. The Bertz CT molecular complexity index is 1800. The van der Waals surface area contributed by atoms with Crippen molar-refractivity contribution in [2.75, 3.05) is 54.6 Å². The van der Waals surface area contributed by atoms with Crippen LogP contribution in [0.5, 0.6) is 23.0 Å². The number of hydrogen-bond acceptors (Lipinski definition) is 10. The Hall–Kier alpha value is -4.74. The summed E-state index contributed by atoms with van der Waals surface area (Å²) in [5.41, 5.74) is 3.32. The molecule has 2 aliphatic heterocycles. The third kappa shape index (κ3) is 10.4. The summed E-state index contributed by atoms with van der Waals surface area (Å²) in [6.45, 7) is 13.9. The first kappa shape index (κ1) is 42.4. The molecule has 2 aromatic rings. The Morgan fingerprint density at radius 3 is 1.59 bits per heavy atom. The molecule has 2 saturated heterocycles. The van der Waals surface area contributed by atoms with Crippen LogP contribution in [0.15, 0.2) is 35.9 Å². The van der Waals surface area contributed by atoms with Gasteiger partial charge in [-0.15, -0.1) is 0 Å². The quantitative estimate of drug-likeness (QED) is 0.254. The maximum absolute atomic E-state index is 12.9. The van der Waals surface area contributed by atoms with E-state index in [9.17, 15) is 19.2 Å². The van der Waals surface area contributed by atoms with E-state index < -0.39 is 11.2 Å². The molecule has 0 saturated carbocycles. The van der Waals surface area contributed by atoms with E-state index in [2.05, 4.69) is 6.08 Å². The zero-order valence-corrected chi connectivity index (χ0v) is 34.9. The van der Waals surface area contributed by atoms with Crippen molar-refractivity contribution < 1.29 is 47.6 Å². The van der Waals surface area contributed by atoms with Gasteiger partial charge < -0.3 is 38.2 Å². The van der Waals surface area contributed by atoms with Gasteiger partial charge in [-0.25, -0.2) is 9.59 Å². The average Bonchev–Trinajstić information content (AvgIpc) is 3.62. The predicted octanol–water partition coefficient (Wildman–Crippen LogP) is 8.11. The highest BCUT2D eigenvalue weighted by atomic mass is 16.6. The van der Waals surface area contributed by atoms with E-state index in [1.165, 1.54) is 0 Å². The van der Waals surface area contributed by atoms with Gasteiger partial charge in [-0.05, 0) is 127 Å². The number of amides is 2. The van der Waals surface area contributed by atoms with E-state index in [0.717, 1.165) is 60.8 Å². The highest BCUT2D eigenvalue weighted by molar-refractivity contribution is 6.13. The van der Waals surface area contributed by atoms with Gasteiger partial charge in [0.1, 0.15) is 11.2 Å². The van der Waals surface area contributed by atoms with E-state index in [-0.39, 0.29) is 35.6 Å². The fourth-order valence-electron chi connectivity index (χ4n) is 7.90. The highest BCUT2D eigenvalue weighted by Crippen LogP contribution is 2.40. The summed E-state index contributed by atoms with van der Waals surface area (Å²) < 4.78 is 32.3. The number of nitrogens with zero attached hydrogens (tertiary/aromatic N) is 2. The van der Waals surface area contributed by atoms with E-state index in [0.29, 0.717) is 67.1 Å². The van der Waals surface area contributed by atoms with Crippen LogP contribution in [-0.2, 0) is 22.3 Å². The van der Waals surface area contributed by atoms with E-state index >= 15 is 0 Å². The molecular weight excluding hydrogens is 716 g/mol. The Kier molecular flexibility index (Phi) is 13.3. The Balaban J connectivity index is 0.000000214. The topological polar surface area (TPSA) is 130 Å². The maximum atomic E-state index is 12.9. The van der Waals surface area contributed by atoms with Crippen molar-refractivity contribution in [3.05, 3.63) is 58.2 Å². The fourth-order valence-corrected chi connectivity index (χ4v) is 7.90. The first-order chi connectivity index (χ1) is 26.4. The van der Waals surface area contributed by atoms with Crippen molar-refractivity contribution in [1.29, 1.82) is 0 Å². The zero-order valence-electron chi connectivity index (χ0n) is 34.9. The number of piperidine rings is 2. The number of carbonyl (C=O) groups is 4. The van der Waals surface area contributed by atoms with Crippen molar-refractivity contribution in [3.8, 4) is 23.0 Å². The summed E-state index contributed by atoms with van der Waals surface area (Å²) in [7, 11) is 6.35. The van der Waals surface area contributed by atoms with Crippen LogP contribution in [0.3, 0.4) is 0 Å². The molecule has 12 nitrogen and oxygen atoms in total. The molecule has 306 valence electrons. The lowest BCUT2D eigenvalue weighted by molar-refractivity contribution is 0.0171. The molecule has 2 amide bonds. The molecular formula is C44H60N2O10. The number of Topliss-reactive ketones (excluding diaryl/α,β-unsaturated/α-hetero) is 2. The fraction of sp³-hybridized carbons (Fsp3) is 0.591. The third-order valence-electron chi connectivity index (χ3n) is 10.8. The average molecular weight is 777 g/mol. The van der Waals surface area contributed by atoms with Gasteiger partial charge >= 0.3 is 12.2 Å². The molecule has 56 heavy (non-hydrogen) atoms. The van der Waals surface area contributed by atoms with Crippen LogP contribution in [0.2, 0.25) is 0 Å². The normalized spacial score (nSPS) is 19.5. The maximum Gasteiger partial charge on any atom is 0.410 e. The standard InChI is InChI=1S/C22H31NO5.C22H29NO5/c2*1-22(2,3)28-21(25)23-8-6-14(7-9-23)10-16-11-15-12-18(26-4)19(27-5)13-17(15)20(16)24/h12-14,16H,6-11H2,1-5H3;10,12-14H,6-9,11H2,1-5H3/b;16-10-. The summed E-state index contributed by atoms with van der Waals surface area (Å²) in [6, 6.07) is 7.39. The number of hydrogen-bond donors (Lipinski definition) is 0. The number of fused-ring (bicyclic) bond motifs is 2. The van der Waals surface area contributed by atoms with E-state index in [1.807, 2.05) is 59.7 Å². The number of ketones is 2. The number of ether oxygens (including phenoxy) is 6. The summed E-state index contributed by atoms with van der Waals surface area (Å²) in [4.78, 5) is 53.6. The number of methoxy groups -OCH3 is 4. The SMILES string of the molecule is COc1cc2c(cc1OC)C(=O)/C(=C\C1CCN(C(=O)OC(C)(C)C)CC1)C2.COc1cc2c(cc1OC)C(=O)C(CC1CCN(C(=O)OC(C)(C)C)CC1)C2. The molecule has 0 spiro atoms. The minimum Gasteiger partial charge on any atom is -0.493 e. The van der Waals surface area contributed by atoms with Gasteiger partial charge in [-0.1, -0.05) is 6.08 Å². The second kappa shape index (κ2) is 17.6. The highest BCUT2D eigenvalue weighted by Gasteiger charge is 2.36. The van der Waals surface area contributed by atoms with Gasteiger partial charge in [-0.2, -0.15) is 0 Å². The molecule has 0 aromatic heterocycles. The summed E-state index contributed by atoms with van der Waals surface area (Å²) in [5.74, 6) is 3.48. The van der Waals surface area contributed by atoms with E-state index in [1.54, 1.807) is 44.3 Å². The molecule has 1 unspecified atom stereocenters. The predicted molar refractivity (Wildman–Crippen MR) is 212 cm³/mol. The van der Waals surface area contributed by atoms with E-state index in [4.69, 9.17) is 28.4 Å². The van der Waals surface area contributed by atoms with Crippen molar-refractivity contribution in [1.82, 2.24) is 9.80 Å². The molecule has 1 atom stereocenters. The smallest absolute Gasteiger partial charge is 0.410 e. The van der Waals surface area contributed by atoms with Crippen molar-refractivity contribution in [2.24, 2.45) is 17.8 Å². The molecule has 4 aliphatic rings. The molecule has 6 rings (SSSR count). The van der Waals surface area contributed by atoms with Crippen molar-refractivity contribution in [2.45, 2.75) is 97.7 Å². The van der Waals surface area contributed by atoms with Crippen LogP contribution in [0.4, 0.5) is 9.59 Å². The molecule has 12 heteroatoms. The molecule has 2 heterocycles. The van der Waals surface area contributed by atoms with Crippen LogP contribution in [0.25, 0.3) is 0 Å². The van der Waals surface area contributed by atoms with Gasteiger partial charge in [0, 0.05) is 55.2 Å². The molecule has 0 bridgehead atoms. The lowest BCUT2D eigenvalue weighted by Gasteiger charge is -2.34. The number of likely N-dealkylation sites (tertiary alicyclic amines) is 2. The van der Waals surface area contributed by atoms with Gasteiger partial charge in [0.2, 0.25) is 0 Å². The minimum absolute atomic E-state index is 0.00453. The summed E-state index contributed by atoms with van der Waals surface area (Å²) >= 11 is 0. The van der Waals surface area contributed by atoms with Gasteiger partial charge in [-0.3, -0.25) is 9.59 Å². The monoisotopic (exact) mass is 776 g/mol. The first-order valence-corrected chi connectivity index (χ1v) is 19.7. The second-order valence-electron chi connectivity index (χ2n) is 17.1. The Labute approximate surface area is 331 Å². The Morgan fingerprint density at radius 1 is 0.661 bits per heavy atom. The number of rotatable bonds is 7. The van der Waals surface area contributed by atoms with Gasteiger partial charge in [0.15, 0.2) is 34.6 Å². The number of allylic oxidation sites excluding steroid dienone is 2. The van der Waals surface area contributed by atoms with Crippen LogP contribution < -0.4 is 18.9 Å². The van der Waals surface area contributed by atoms with Crippen LogP contribution in [-0.4, -0.2) is 99.4 Å². The molecule has 0 N–H and O–H groups in total. The molecule has 2 aromatic carbocycles. The molecule has 2 aliphatic carbocycles. The zero-order chi connectivity index (χ0) is 40.9. The second-order valence-corrected chi connectivity index (χ2v) is 17.1. The van der Waals surface area contributed by atoms with Crippen LogP contribution in [0.1, 0.15) is 105 Å². The van der Waals surface area contributed by atoms with Crippen molar-refractivity contribution in [3.63, 3.8) is 0 Å². The van der Waals surface area contributed by atoms with Gasteiger partial charge in [0.25, 0.3) is 0 Å². The van der Waals surface area contributed by atoms with Crippen LogP contribution in [0, 0.1) is 17.8 Å². The van der Waals surface area contributed by atoms with Crippen LogP contribution >= 0.6 is 0 Å². The lowest BCUT2D eigenvalue weighted by atomic mass is 9.85. The minimum atomic E-state index is -0.486. The molecule has 2 fully saturated rings. The Morgan fingerprint density at radius 2 is 1.11 bits per heavy atom. The number of carbonyl (C=O) groups excluding carboxylic acids is 4. The number of benzene rings is 2. The largest absolute Gasteiger partial charge is 0.493 e. The third-order valence-corrected chi connectivity index (χ3v) is 10.8.